The number of nitrogens with zero attached hydrogens (tertiary/aromatic N) is 3. The Morgan fingerprint density at radius 1 is 1.45 bits per heavy atom. The molecule has 6 nitrogen and oxygen atoms in total. The number of aromatic nitrogens is 2. The molecule has 0 saturated carbocycles. The van der Waals surface area contributed by atoms with Crippen LogP contribution in [0.5, 0.6) is 0 Å². The van der Waals surface area contributed by atoms with Gasteiger partial charge in [0, 0.05) is 19.6 Å². The summed E-state index contributed by atoms with van der Waals surface area (Å²) in [6.07, 6.45) is 1.02. The van der Waals surface area contributed by atoms with Crippen molar-refractivity contribution in [2.24, 2.45) is 0 Å². The second-order valence-electron chi connectivity index (χ2n) is 5.57. The highest BCUT2D eigenvalue weighted by Gasteiger charge is 2.30. The van der Waals surface area contributed by atoms with Crippen LogP contribution in [0.1, 0.15) is 37.7 Å². The number of ether oxygens (including phenoxy) is 1. The average Bonchev–Trinajstić information content (AvgIpc) is 2.44. The zero-order valence-corrected chi connectivity index (χ0v) is 12.3. The van der Waals surface area contributed by atoms with Gasteiger partial charge in [-0.2, -0.15) is 0 Å². The molecule has 2 rings (SSSR count). The third-order valence-corrected chi connectivity index (χ3v) is 3.15. The molecular formula is C14H22N4O2. The van der Waals surface area contributed by atoms with E-state index in [1.54, 1.807) is 17.0 Å². The first-order valence-corrected chi connectivity index (χ1v) is 7.03. The van der Waals surface area contributed by atoms with E-state index >= 15 is 0 Å². The highest BCUT2D eigenvalue weighted by molar-refractivity contribution is 5.92. The second-order valence-corrected chi connectivity index (χ2v) is 5.57. The molecule has 0 aromatic carbocycles. The molecule has 20 heavy (non-hydrogen) atoms. The van der Waals surface area contributed by atoms with Crippen LogP contribution in [0.3, 0.4) is 0 Å². The molecule has 2 heterocycles. The number of carbonyl (C=O) groups excluding carboxylic acids is 1. The number of nitrogens with one attached hydrogen (secondary N) is 1. The second kappa shape index (κ2) is 6.17. The number of hydrogen-bond acceptors (Lipinski definition) is 5. The van der Waals surface area contributed by atoms with Crippen molar-refractivity contribution in [3.8, 4) is 0 Å². The van der Waals surface area contributed by atoms with Gasteiger partial charge in [0.05, 0.1) is 12.2 Å². The van der Waals surface area contributed by atoms with Crippen molar-refractivity contribution in [2.45, 2.75) is 32.8 Å². The summed E-state index contributed by atoms with van der Waals surface area (Å²) in [5.74, 6) is 0.613. The summed E-state index contributed by atoms with van der Waals surface area (Å²) >= 11 is 0. The van der Waals surface area contributed by atoms with Crippen LogP contribution in [0.4, 0.5) is 5.82 Å². The Bertz CT molecular complexity index is 459. The van der Waals surface area contributed by atoms with Crippen LogP contribution >= 0.6 is 0 Å². The minimum atomic E-state index is -0.302. The maximum Gasteiger partial charge on any atom is 0.274 e. The lowest BCUT2D eigenvalue weighted by Crippen LogP contribution is -2.50. The highest BCUT2D eigenvalue weighted by Crippen LogP contribution is 2.18. The average molecular weight is 278 g/mol. The molecule has 0 aliphatic carbocycles. The first kappa shape index (κ1) is 14.7. The van der Waals surface area contributed by atoms with Crippen LogP contribution in [-0.2, 0) is 4.74 Å². The maximum absolute atomic E-state index is 12.4. The minimum Gasteiger partial charge on any atom is -0.372 e. The van der Waals surface area contributed by atoms with E-state index in [0.717, 1.165) is 13.0 Å². The van der Waals surface area contributed by atoms with E-state index in [4.69, 9.17) is 4.74 Å². The fourth-order valence-corrected chi connectivity index (χ4v) is 2.15. The summed E-state index contributed by atoms with van der Waals surface area (Å²) in [5.41, 5.74) is 0.0778. The van der Waals surface area contributed by atoms with E-state index in [2.05, 4.69) is 22.4 Å². The van der Waals surface area contributed by atoms with Gasteiger partial charge in [-0.15, -0.1) is 10.2 Å². The molecule has 1 N–H and O–H groups in total. The van der Waals surface area contributed by atoms with Gasteiger partial charge in [0.2, 0.25) is 0 Å². The van der Waals surface area contributed by atoms with Gasteiger partial charge in [-0.3, -0.25) is 4.79 Å². The highest BCUT2D eigenvalue weighted by atomic mass is 16.5. The molecule has 0 radical (unpaired) electrons. The van der Waals surface area contributed by atoms with E-state index < -0.39 is 0 Å². The Morgan fingerprint density at radius 2 is 2.25 bits per heavy atom. The van der Waals surface area contributed by atoms with Gasteiger partial charge in [-0.05, 0) is 32.4 Å². The molecule has 1 amide bonds. The smallest absolute Gasteiger partial charge is 0.274 e. The van der Waals surface area contributed by atoms with Crippen molar-refractivity contribution in [1.82, 2.24) is 15.1 Å². The maximum atomic E-state index is 12.4. The van der Waals surface area contributed by atoms with Gasteiger partial charge in [0.15, 0.2) is 5.69 Å². The number of rotatable bonds is 4. The Labute approximate surface area is 119 Å². The fourth-order valence-electron chi connectivity index (χ4n) is 2.15. The number of hydrogen-bond donors (Lipinski definition) is 1. The zero-order chi connectivity index (χ0) is 14.6. The van der Waals surface area contributed by atoms with Gasteiger partial charge in [0.1, 0.15) is 5.82 Å². The number of morpholine rings is 1. The normalized spacial score (nSPS) is 17.9. The number of amides is 1. The molecule has 1 aromatic heterocycles. The summed E-state index contributed by atoms with van der Waals surface area (Å²) in [4.78, 5) is 14.1. The Balaban J connectivity index is 2.01. The summed E-state index contributed by atoms with van der Waals surface area (Å²) in [7, 11) is 0. The molecule has 0 bridgehead atoms. The third kappa shape index (κ3) is 3.66. The van der Waals surface area contributed by atoms with Crippen LogP contribution in [0.2, 0.25) is 0 Å². The van der Waals surface area contributed by atoms with Crippen molar-refractivity contribution in [3.63, 3.8) is 0 Å². The van der Waals surface area contributed by atoms with Gasteiger partial charge < -0.3 is 15.0 Å². The Kier molecular flexibility index (Phi) is 4.54. The van der Waals surface area contributed by atoms with Crippen LogP contribution in [0.15, 0.2) is 12.1 Å². The summed E-state index contributed by atoms with van der Waals surface area (Å²) in [5, 5.41) is 11.2. The lowest BCUT2D eigenvalue weighted by molar-refractivity contribution is -0.0765. The van der Waals surface area contributed by atoms with Crippen molar-refractivity contribution < 1.29 is 9.53 Å². The summed E-state index contributed by atoms with van der Waals surface area (Å²) < 4.78 is 5.61. The molecule has 0 spiro atoms. The summed E-state index contributed by atoms with van der Waals surface area (Å²) in [6, 6.07) is 3.51. The first-order chi connectivity index (χ1) is 9.52. The van der Waals surface area contributed by atoms with Crippen molar-refractivity contribution in [1.29, 1.82) is 0 Å². The van der Waals surface area contributed by atoms with Gasteiger partial charge in [0.25, 0.3) is 5.91 Å². The largest absolute Gasteiger partial charge is 0.372 e. The molecule has 1 aromatic rings. The van der Waals surface area contributed by atoms with E-state index in [1.807, 2.05) is 13.8 Å². The van der Waals surface area contributed by atoms with E-state index in [1.165, 1.54) is 0 Å². The Hall–Kier alpha value is -1.69. The lowest BCUT2D eigenvalue weighted by atomic mass is 10.1. The van der Waals surface area contributed by atoms with E-state index in [0.29, 0.717) is 31.2 Å². The number of carbonyl (C=O) groups is 1. The van der Waals surface area contributed by atoms with Crippen LogP contribution in [-0.4, -0.2) is 52.8 Å². The molecule has 0 atom stereocenters. The zero-order valence-electron chi connectivity index (χ0n) is 12.3. The third-order valence-electron chi connectivity index (χ3n) is 3.15. The predicted molar refractivity (Wildman–Crippen MR) is 76.7 cm³/mol. The van der Waals surface area contributed by atoms with Gasteiger partial charge in [-0.1, -0.05) is 6.92 Å². The Morgan fingerprint density at radius 3 is 2.85 bits per heavy atom. The van der Waals surface area contributed by atoms with Crippen LogP contribution in [0, 0.1) is 0 Å². The van der Waals surface area contributed by atoms with Crippen LogP contribution < -0.4 is 5.32 Å². The van der Waals surface area contributed by atoms with Crippen LogP contribution in [0.25, 0.3) is 0 Å². The molecule has 1 aliphatic heterocycles. The summed E-state index contributed by atoms with van der Waals surface area (Å²) in [6.45, 7) is 8.62. The monoisotopic (exact) mass is 278 g/mol. The molecule has 1 aliphatic rings. The van der Waals surface area contributed by atoms with Crippen molar-refractivity contribution in [3.05, 3.63) is 17.8 Å². The van der Waals surface area contributed by atoms with E-state index in [9.17, 15) is 4.79 Å². The molecule has 1 saturated heterocycles. The van der Waals surface area contributed by atoms with E-state index in [-0.39, 0.29) is 11.5 Å². The molecule has 6 heteroatoms. The molecule has 110 valence electrons. The molecule has 0 unspecified atom stereocenters. The van der Waals surface area contributed by atoms with Gasteiger partial charge >= 0.3 is 0 Å². The molecule has 1 fully saturated rings. The minimum absolute atomic E-state index is 0.0871. The molecular weight excluding hydrogens is 256 g/mol. The standard InChI is InChI=1S/C14H22N4O2/c1-4-7-15-12-6-5-11(16-17-12)13(19)18-8-9-20-14(2,3)10-18/h5-6H,4,7-10H2,1-3H3,(H,15,17). The lowest BCUT2D eigenvalue weighted by Gasteiger charge is -2.37. The topological polar surface area (TPSA) is 67.4 Å². The van der Waals surface area contributed by atoms with Crippen molar-refractivity contribution >= 4 is 11.7 Å². The first-order valence-electron chi connectivity index (χ1n) is 7.03. The van der Waals surface area contributed by atoms with Gasteiger partial charge in [-0.25, -0.2) is 0 Å². The number of anilines is 1. The SMILES string of the molecule is CCCNc1ccc(C(=O)N2CCOC(C)(C)C2)nn1. The quantitative estimate of drug-likeness (QED) is 0.905. The van der Waals surface area contributed by atoms with Crippen molar-refractivity contribution in [2.75, 3.05) is 31.6 Å². The fraction of sp³-hybridized carbons (Fsp3) is 0.643. The predicted octanol–water partition coefficient (Wildman–Crippen LogP) is 1.55.